The summed E-state index contributed by atoms with van der Waals surface area (Å²) in [6.07, 6.45) is 3.73. The van der Waals surface area contributed by atoms with Crippen molar-refractivity contribution in [3.8, 4) is 11.4 Å². The fourth-order valence-electron chi connectivity index (χ4n) is 4.64. The number of likely N-dealkylation sites (N-methyl/N-ethyl adjacent to an activating group) is 1. The van der Waals surface area contributed by atoms with Crippen LogP contribution in [0.3, 0.4) is 0 Å². The summed E-state index contributed by atoms with van der Waals surface area (Å²) in [5, 5.41) is 3.51. The lowest BCUT2D eigenvalue weighted by atomic mass is 10.1. The molecule has 178 valence electrons. The van der Waals surface area contributed by atoms with Crippen molar-refractivity contribution in [2.24, 2.45) is 5.73 Å². The molecule has 2 aromatic rings. The van der Waals surface area contributed by atoms with Crippen molar-refractivity contribution >= 4 is 17.4 Å². The Morgan fingerprint density at radius 1 is 1.06 bits per heavy atom. The molecule has 0 saturated carbocycles. The minimum Gasteiger partial charge on any atom is -0.370 e. The molecule has 1 aromatic heterocycles. The van der Waals surface area contributed by atoms with Gasteiger partial charge in [-0.2, -0.15) is 0 Å². The van der Waals surface area contributed by atoms with Gasteiger partial charge in [0, 0.05) is 55.2 Å². The third-order valence-electron chi connectivity index (χ3n) is 6.90. The molecule has 2 fully saturated rings. The Bertz CT molecular complexity index is 979. The Morgan fingerprint density at radius 3 is 2.48 bits per heavy atom. The monoisotopic (exact) mass is 451 g/mol. The van der Waals surface area contributed by atoms with Gasteiger partial charge < -0.3 is 25.8 Å². The van der Waals surface area contributed by atoms with Crippen LogP contribution in [0.4, 0.5) is 11.5 Å². The van der Waals surface area contributed by atoms with Crippen molar-refractivity contribution in [2.45, 2.75) is 33.1 Å². The van der Waals surface area contributed by atoms with Gasteiger partial charge >= 0.3 is 0 Å². The van der Waals surface area contributed by atoms with E-state index in [9.17, 15) is 4.79 Å². The normalized spacial score (nSPS) is 17.5. The Hall–Kier alpha value is -2.71. The molecule has 33 heavy (non-hydrogen) atoms. The highest BCUT2D eigenvalue weighted by Gasteiger charge is 2.21. The zero-order valence-electron chi connectivity index (χ0n) is 20.2. The lowest BCUT2D eigenvalue weighted by Gasteiger charge is -2.35. The molecule has 8 nitrogen and oxygen atoms in total. The Balaban J connectivity index is 1.52. The predicted octanol–water partition coefficient (Wildman–Crippen LogP) is 2.51. The van der Waals surface area contributed by atoms with Crippen molar-refractivity contribution in [3.63, 3.8) is 0 Å². The van der Waals surface area contributed by atoms with E-state index in [2.05, 4.69) is 27.1 Å². The number of hydrogen-bond donors (Lipinski definition) is 2. The highest BCUT2D eigenvalue weighted by Crippen LogP contribution is 2.28. The molecule has 3 N–H and O–H groups in total. The molecular weight excluding hydrogens is 414 g/mol. The van der Waals surface area contributed by atoms with Crippen LogP contribution in [-0.4, -0.2) is 85.1 Å². The molecule has 0 aliphatic carbocycles. The Kier molecular flexibility index (Phi) is 7.45. The Labute approximate surface area is 197 Å². The number of benzene rings is 1. The van der Waals surface area contributed by atoms with E-state index >= 15 is 0 Å². The van der Waals surface area contributed by atoms with Crippen molar-refractivity contribution in [1.29, 1.82) is 0 Å². The molecule has 0 unspecified atom stereocenters. The number of primary amides is 1. The number of nitrogens with one attached hydrogen (secondary N) is 1. The molecule has 1 amide bonds. The van der Waals surface area contributed by atoms with Gasteiger partial charge in [-0.15, -0.1) is 0 Å². The van der Waals surface area contributed by atoms with E-state index in [0.29, 0.717) is 11.4 Å². The molecule has 4 rings (SSSR count). The molecule has 2 aliphatic rings. The summed E-state index contributed by atoms with van der Waals surface area (Å²) in [4.78, 5) is 28.9. The summed E-state index contributed by atoms with van der Waals surface area (Å²) < 4.78 is 0. The standard InChI is InChI=1S/C25H37N7O/c1-18-19(2)28-25(29-24(18)27-9-6-12-31-10-4-5-11-31)20-7-8-22(21(17-20)23(26)33)32-15-13-30(3)14-16-32/h7-8,17H,4-6,9-16H2,1-3H3,(H2,26,33)(H,27,28,29). The van der Waals surface area contributed by atoms with Gasteiger partial charge in [-0.1, -0.05) is 0 Å². The molecule has 0 spiro atoms. The SMILES string of the molecule is Cc1nc(-c2ccc(N3CCN(C)CC3)c(C(N)=O)c2)nc(NCCCN2CCCC2)c1C. The number of carbonyl (C=O) groups excluding carboxylic acids is 1. The van der Waals surface area contributed by atoms with Crippen molar-refractivity contribution in [3.05, 3.63) is 35.0 Å². The van der Waals surface area contributed by atoms with Crippen LogP contribution < -0.4 is 16.0 Å². The van der Waals surface area contributed by atoms with Gasteiger partial charge in [0.25, 0.3) is 5.91 Å². The first-order valence-electron chi connectivity index (χ1n) is 12.1. The van der Waals surface area contributed by atoms with Crippen LogP contribution in [0.15, 0.2) is 18.2 Å². The fraction of sp³-hybridized carbons (Fsp3) is 0.560. The van der Waals surface area contributed by atoms with E-state index in [4.69, 9.17) is 15.7 Å². The van der Waals surface area contributed by atoms with Crippen molar-refractivity contribution in [1.82, 2.24) is 19.8 Å². The van der Waals surface area contributed by atoms with E-state index in [1.807, 2.05) is 32.0 Å². The maximum atomic E-state index is 12.3. The van der Waals surface area contributed by atoms with Crippen LogP contribution in [0, 0.1) is 13.8 Å². The van der Waals surface area contributed by atoms with Crippen LogP contribution >= 0.6 is 0 Å². The van der Waals surface area contributed by atoms with Gasteiger partial charge in [0.1, 0.15) is 5.82 Å². The number of rotatable bonds is 8. The van der Waals surface area contributed by atoms with Gasteiger partial charge in [-0.25, -0.2) is 9.97 Å². The van der Waals surface area contributed by atoms with Crippen LogP contribution in [-0.2, 0) is 0 Å². The van der Waals surface area contributed by atoms with Gasteiger partial charge in [-0.05, 0) is 78.0 Å². The first-order valence-corrected chi connectivity index (χ1v) is 12.1. The predicted molar refractivity (Wildman–Crippen MR) is 134 cm³/mol. The third-order valence-corrected chi connectivity index (χ3v) is 6.90. The number of aromatic nitrogens is 2. The van der Waals surface area contributed by atoms with Crippen LogP contribution in [0.2, 0.25) is 0 Å². The van der Waals surface area contributed by atoms with Gasteiger partial charge in [0.2, 0.25) is 0 Å². The quantitative estimate of drug-likeness (QED) is 0.596. The van der Waals surface area contributed by atoms with E-state index in [1.165, 1.54) is 25.9 Å². The lowest BCUT2D eigenvalue weighted by molar-refractivity contribution is 0.100. The topological polar surface area (TPSA) is 90.6 Å². The first-order chi connectivity index (χ1) is 15.9. The molecule has 0 atom stereocenters. The number of nitrogens with two attached hydrogens (primary N) is 1. The van der Waals surface area contributed by atoms with Crippen molar-refractivity contribution < 1.29 is 4.79 Å². The zero-order valence-corrected chi connectivity index (χ0v) is 20.2. The number of carbonyl (C=O) groups is 1. The minimum absolute atomic E-state index is 0.421. The molecule has 2 aliphatic heterocycles. The van der Waals surface area contributed by atoms with Gasteiger partial charge in [0.05, 0.1) is 5.56 Å². The zero-order chi connectivity index (χ0) is 23.4. The fourth-order valence-corrected chi connectivity index (χ4v) is 4.64. The van der Waals surface area contributed by atoms with E-state index in [-0.39, 0.29) is 0 Å². The summed E-state index contributed by atoms with van der Waals surface area (Å²) >= 11 is 0. The maximum absolute atomic E-state index is 12.3. The average molecular weight is 452 g/mol. The van der Waals surface area contributed by atoms with E-state index in [1.54, 1.807) is 0 Å². The number of amides is 1. The molecular formula is C25H37N7O. The minimum atomic E-state index is -0.421. The highest BCUT2D eigenvalue weighted by atomic mass is 16.1. The van der Waals surface area contributed by atoms with E-state index in [0.717, 1.165) is 74.0 Å². The lowest BCUT2D eigenvalue weighted by Crippen LogP contribution is -2.45. The number of nitrogens with zero attached hydrogens (tertiary/aromatic N) is 5. The number of anilines is 2. The number of hydrogen-bond acceptors (Lipinski definition) is 7. The molecule has 0 bridgehead atoms. The van der Waals surface area contributed by atoms with Crippen LogP contribution in [0.5, 0.6) is 0 Å². The molecule has 8 heteroatoms. The average Bonchev–Trinajstić information content (AvgIpc) is 3.33. The maximum Gasteiger partial charge on any atom is 0.250 e. The van der Waals surface area contributed by atoms with Gasteiger partial charge in [-0.3, -0.25) is 4.79 Å². The molecule has 2 saturated heterocycles. The highest BCUT2D eigenvalue weighted by molar-refractivity contribution is 6.00. The summed E-state index contributed by atoms with van der Waals surface area (Å²) in [5.41, 5.74) is 10.0. The first kappa shape index (κ1) is 23.4. The number of aryl methyl sites for hydroxylation is 1. The molecule has 3 heterocycles. The number of piperazine rings is 1. The number of likely N-dealkylation sites (tertiary alicyclic amines) is 1. The second kappa shape index (κ2) is 10.5. The summed E-state index contributed by atoms with van der Waals surface area (Å²) in [6, 6.07) is 5.83. The second-order valence-corrected chi connectivity index (χ2v) is 9.32. The van der Waals surface area contributed by atoms with E-state index < -0.39 is 5.91 Å². The van der Waals surface area contributed by atoms with Gasteiger partial charge in [0.15, 0.2) is 5.82 Å². The van der Waals surface area contributed by atoms with Crippen LogP contribution in [0.1, 0.15) is 40.9 Å². The second-order valence-electron chi connectivity index (χ2n) is 9.32. The van der Waals surface area contributed by atoms with Crippen LogP contribution in [0.25, 0.3) is 11.4 Å². The molecule has 0 radical (unpaired) electrons. The van der Waals surface area contributed by atoms with Crippen molar-refractivity contribution in [2.75, 3.05) is 69.6 Å². The molecule has 1 aromatic carbocycles. The largest absolute Gasteiger partial charge is 0.370 e. The Morgan fingerprint density at radius 2 is 1.79 bits per heavy atom. The third kappa shape index (κ3) is 5.62. The summed E-state index contributed by atoms with van der Waals surface area (Å²) in [6.45, 7) is 12.2. The summed E-state index contributed by atoms with van der Waals surface area (Å²) in [7, 11) is 2.12. The smallest absolute Gasteiger partial charge is 0.250 e. The summed E-state index contributed by atoms with van der Waals surface area (Å²) in [5.74, 6) is 1.06.